The molecule has 0 unspecified atom stereocenters. The van der Waals surface area contributed by atoms with Gasteiger partial charge in [0.05, 0.1) is 4.90 Å². The van der Waals surface area contributed by atoms with Crippen molar-refractivity contribution in [3.8, 4) is 6.07 Å². The van der Waals surface area contributed by atoms with E-state index in [0.29, 0.717) is 10.7 Å². The third kappa shape index (κ3) is 4.20. The van der Waals surface area contributed by atoms with E-state index in [9.17, 15) is 8.42 Å². The molecular formula is C14H10Cl2N4O2S. The molecule has 0 amide bonds. The predicted octanol–water partition coefficient (Wildman–Crippen LogP) is 3.34. The normalized spacial score (nSPS) is 11.8. The second kappa shape index (κ2) is 6.96. The molecule has 9 heteroatoms. The summed E-state index contributed by atoms with van der Waals surface area (Å²) < 4.78 is 24.8. The molecule has 118 valence electrons. The van der Waals surface area contributed by atoms with Crippen molar-refractivity contribution < 1.29 is 8.42 Å². The minimum absolute atomic E-state index is 0.0420. The van der Waals surface area contributed by atoms with Gasteiger partial charge >= 0.3 is 0 Å². The lowest BCUT2D eigenvalue weighted by Gasteiger charge is -2.05. The van der Waals surface area contributed by atoms with Gasteiger partial charge in [-0.3, -0.25) is 0 Å². The zero-order chi connectivity index (χ0) is 17.0. The van der Waals surface area contributed by atoms with Crippen LogP contribution in [0.2, 0.25) is 10.2 Å². The molecule has 0 aliphatic rings. The first-order valence-electron chi connectivity index (χ1n) is 6.21. The highest BCUT2D eigenvalue weighted by Gasteiger charge is 2.20. The second-order valence-electron chi connectivity index (χ2n) is 4.38. The van der Waals surface area contributed by atoms with E-state index in [1.165, 1.54) is 24.3 Å². The van der Waals surface area contributed by atoms with Gasteiger partial charge in [-0.25, -0.2) is 18.4 Å². The van der Waals surface area contributed by atoms with Crippen LogP contribution in [0, 0.1) is 18.3 Å². The maximum atomic E-state index is 12.4. The van der Waals surface area contributed by atoms with E-state index < -0.39 is 14.7 Å². The smallest absolute Gasteiger partial charge is 0.228 e. The van der Waals surface area contributed by atoms with Crippen molar-refractivity contribution in [1.82, 2.24) is 9.97 Å². The SMILES string of the molecule is Cc1cc(Cl)nc(NC=C(C#N)S(=O)(=O)c2ccc(Cl)cc2)n1. The summed E-state index contributed by atoms with van der Waals surface area (Å²) in [6.07, 6.45) is 1.02. The van der Waals surface area contributed by atoms with Crippen LogP contribution in [-0.4, -0.2) is 18.4 Å². The van der Waals surface area contributed by atoms with E-state index in [1.54, 1.807) is 19.1 Å². The lowest BCUT2D eigenvalue weighted by atomic mass is 10.4. The van der Waals surface area contributed by atoms with Crippen molar-refractivity contribution in [3.05, 3.63) is 57.3 Å². The Morgan fingerprint density at radius 1 is 1.26 bits per heavy atom. The van der Waals surface area contributed by atoms with Gasteiger partial charge in [0, 0.05) is 16.9 Å². The summed E-state index contributed by atoms with van der Waals surface area (Å²) in [6.45, 7) is 1.71. The van der Waals surface area contributed by atoms with E-state index in [2.05, 4.69) is 15.3 Å². The van der Waals surface area contributed by atoms with Crippen LogP contribution in [0.1, 0.15) is 5.69 Å². The maximum absolute atomic E-state index is 12.4. The van der Waals surface area contributed by atoms with Crippen LogP contribution < -0.4 is 5.32 Å². The Hall–Kier alpha value is -2.14. The molecule has 0 atom stereocenters. The number of hydrogen-bond donors (Lipinski definition) is 1. The molecule has 2 rings (SSSR count). The zero-order valence-corrected chi connectivity index (χ0v) is 14.1. The van der Waals surface area contributed by atoms with E-state index in [0.717, 1.165) is 6.20 Å². The summed E-state index contributed by atoms with van der Waals surface area (Å²) >= 11 is 11.5. The Morgan fingerprint density at radius 3 is 2.48 bits per heavy atom. The molecular weight excluding hydrogens is 359 g/mol. The van der Waals surface area contributed by atoms with Crippen molar-refractivity contribution in [2.45, 2.75) is 11.8 Å². The van der Waals surface area contributed by atoms with Crippen molar-refractivity contribution in [3.63, 3.8) is 0 Å². The molecule has 6 nitrogen and oxygen atoms in total. The van der Waals surface area contributed by atoms with Crippen molar-refractivity contribution in [2.24, 2.45) is 0 Å². The molecule has 1 N–H and O–H groups in total. The van der Waals surface area contributed by atoms with Gasteiger partial charge < -0.3 is 5.32 Å². The predicted molar refractivity (Wildman–Crippen MR) is 87.7 cm³/mol. The van der Waals surface area contributed by atoms with Crippen LogP contribution in [0.4, 0.5) is 5.95 Å². The fourth-order valence-electron chi connectivity index (χ4n) is 1.64. The van der Waals surface area contributed by atoms with Crippen molar-refractivity contribution in [1.29, 1.82) is 5.26 Å². The van der Waals surface area contributed by atoms with Crippen LogP contribution in [0.25, 0.3) is 0 Å². The van der Waals surface area contributed by atoms with Gasteiger partial charge in [-0.1, -0.05) is 23.2 Å². The molecule has 0 radical (unpaired) electrons. The highest BCUT2D eigenvalue weighted by Crippen LogP contribution is 2.21. The monoisotopic (exact) mass is 368 g/mol. The number of benzene rings is 1. The average molecular weight is 369 g/mol. The van der Waals surface area contributed by atoms with Crippen LogP contribution in [-0.2, 0) is 9.84 Å². The number of hydrogen-bond acceptors (Lipinski definition) is 6. The summed E-state index contributed by atoms with van der Waals surface area (Å²) in [4.78, 5) is 7.39. The van der Waals surface area contributed by atoms with Crippen LogP contribution in [0.5, 0.6) is 0 Å². The molecule has 0 aliphatic carbocycles. The molecule has 0 aliphatic heterocycles. The zero-order valence-electron chi connectivity index (χ0n) is 11.8. The summed E-state index contributed by atoms with van der Waals surface area (Å²) in [6, 6.07) is 8.70. The number of rotatable bonds is 4. The molecule has 2 aromatic rings. The number of halogens is 2. The van der Waals surface area contributed by atoms with Gasteiger partial charge in [-0.2, -0.15) is 5.26 Å². The van der Waals surface area contributed by atoms with Crippen LogP contribution >= 0.6 is 23.2 Å². The number of sulfone groups is 1. The van der Waals surface area contributed by atoms with Gasteiger partial charge in [0.1, 0.15) is 11.2 Å². The summed E-state index contributed by atoms with van der Waals surface area (Å²) in [5, 5.41) is 12.3. The van der Waals surface area contributed by atoms with Crippen molar-refractivity contribution in [2.75, 3.05) is 5.32 Å². The van der Waals surface area contributed by atoms with Gasteiger partial charge in [0.2, 0.25) is 15.8 Å². The second-order valence-corrected chi connectivity index (χ2v) is 7.12. The van der Waals surface area contributed by atoms with Gasteiger partial charge in [-0.15, -0.1) is 0 Å². The Labute approximate surface area is 143 Å². The minimum Gasteiger partial charge on any atom is -0.329 e. The summed E-state index contributed by atoms with van der Waals surface area (Å²) in [5.41, 5.74) is 0.597. The van der Waals surface area contributed by atoms with E-state index in [1.807, 2.05) is 0 Å². The minimum atomic E-state index is -3.97. The average Bonchev–Trinajstić information content (AvgIpc) is 2.47. The molecule has 1 aromatic carbocycles. The maximum Gasteiger partial charge on any atom is 0.228 e. The fraction of sp³-hybridized carbons (Fsp3) is 0.0714. The van der Waals surface area contributed by atoms with Gasteiger partial charge in [-0.05, 0) is 37.3 Å². The Balaban J connectivity index is 2.35. The van der Waals surface area contributed by atoms with Crippen LogP contribution in [0.15, 0.2) is 46.3 Å². The topological polar surface area (TPSA) is 95.7 Å². The van der Waals surface area contributed by atoms with Crippen molar-refractivity contribution >= 4 is 39.0 Å². The highest BCUT2D eigenvalue weighted by atomic mass is 35.5. The fourth-order valence-corrected chi connectivity index (χ4v) is 3.08. The van der Waals surface area contributed by atoms with Crippen LogP contribution in [0.3, 0.4) is 0 Å². The molecule has 23 heavy (non-hydrogen) atoms. The Kier molecular flexibility index (Phi) is 5.21. The number of aromatic nitrogens is 2. The molecule has 1 aromatic heterocycles. The molecule has 0 saturated carbocycles. The number of anilines is 1. The lowest BCUT2D eigenvalue weighted by Crippen LogP contribution is -2.06. The number of allylic oxidation sites excluding steroid dienone is 1. The largest absolute Gasteiger partial charge is 0.329 e. The number of nitriles is 1. The molecule has 0 spiro atoms. The first-order valence-corrected chi connectivity index (χ1v) is 8.45. The van der Waals surface area contributed by atoms with E-state index in [-0.39, 0.29) is 16.0 Å². The lowest BCUT2D eigenvalue weighted by molar-refractivity contribution is 0.603. The third-order valence-corrected chi connectivity index (χ3v) is 4.81. The standard InChI is InChI=1S/C14H10Cl2N4O2S/c1-9-6-13(16)20-14(19-9)18-8-12(7-17)23(21,22)11-4-2-10(15)3-5-11/h2-6,8H,1H3,(H,18,19,20). The summed E-state index contributed by atoms with van der Waals surface area (Å²) in [7, 11) is -3.97. The Bertz CT molecular complexity index is 883. The highest BCUT2D eigenvalue weighted by molar-refractivity contribution is 7.95. The number of nitrogens with one attached hydrogen (secondary N) is 1. The van der Waals surface area contributed by atoms with Gasteiger partial charge in [0.25, 0.3) is 0 Å². The first-order chi connectivity index (χ1) is 10.8. The first kappa shape index (κ1) is 17.2. The number of nitrogens with zero attached hydrogens (tertiary/aromatic N) is 3. The molecule has 0 bridgehead atoms. The quantitative estimate of drug-likeness (QED) is 0.656. The molecule has 1 heterocycles. The molecule has 0 saturated heterocycles. The Morgan fingerprint density at radius 2 is 1.91 bits per heavy atom. The molecule has 0 fully saturated rings. The van der Waals surface area contributed by atoms with E-state index >= 15 is 0 Å². The number of aryl methyl sites for hydroxylation is 1. The van der Waals surface area contributed by atoms with Gasteiger partial charge in [0.15, 0.2) is 4.91 Å². The van der Waals surface area contributed by atoms with E-state index in [4.69, 9.17) is 28.5 Å². The summed E-state index contributed by atoms with van der Waals surface area (Å²) in [5.74, 6) is 0.0917. The third-order valence-electron chi connectivity index (χ3n) is 2.68.